The van der Waals surface area contributed by atoms with Gasteiger partial charge in [-0.25, -0.2) is 9.59 Å². The zero-order valence-electron chi connectivity index (χ0n) is 11.7. The van der Waals surface area contributed by atoms with Gasteiger partial charge in [-0.05, 0) is 25.7 Å². The number of urea groups is 1. The predicted molar refractivity (Wildman–Crippen MR) is 72.1 cm³/mol. The highest BCUT2D eigenvalue weighted by molar-refractivity contribution is 5.83. The summed E-state index contributed by atoms with van der Waals surface area (Å²) in [6.07, 6.45) is 5.34. The summed E-state index contributed by atoms with van der Waals surface area (Å²) in [5.41, 5.74) is 0.468. The molecule has 20 heavy (non-hydrogen) atoms. The Kier molecular flexibility index (Phi) is 4.26. The number of carbonyl (C=O) groups is 2. The Bertz CT molecular complexity index is 496. The van der Waals surface area contributed by atoms with Crippen molar-refractivity contribution in [2.24, 2.45) is 13.0 Å². The molecule has 2 N–H and O–H groups in total. The fourth-order valence-electron chi connectivity index (χ4n) is 2.06. The molecule has 2 amide bonds. The van der Waals surface area contributed by atoms with E-state index in [0.717, 1.165) is 12.8 Å². The van der Waals surface area contributed by atoms with Crippen LogP contribution in [0.25, 0.3) is 0 Å². The number of aryl methyl sites for hydroxylation is 1. The Hall–Kier alpha value is -2.05. The number of carbonyl (C=O) groups excluding carboxylic acids is 1. The molecule has 0 aliphatic heterocycles. The van der Waals surface area contributed by atoms with Crippen molar-refractivity contribution in [3.63, 3.8) is 0 Å². The van der Waals surface area contributed by atoms with Crippen molar-refractivity contribution < 1.29 is 14.7 Å². The van der Waals surface area contributed by atoms with Gasteiger partial charge in [0.25, 0.3) is 0 Å². The Morgan fingerprint density at radius 1 is 1.60 bits per heavy atom. The van der Waals surface area contributed by atoms with Gasteiger partial charge >= 0.3 is 12.0 Å². The van der Waals surface area contributed by atoms with Gasteiger partial charge in [-0.15, -0.1) is 0 Å². The van der Waals surface area contributed by atoms with Crippen LogP contribution in [-0.2, 0) is 11.8 Å². The first-order chi connectivity index (χ1) is 9.51. The molecule has 7 heteroatoms. The van der Waals surface area contributed by atoms with Crippen LogP contribution >= 0.6 is 0 Å². The molecule has 110 valence electrons. The van der Waals surface area contributed by atoms with Crippen molar-refractivity contribution in [3.8, 4) is 0 Å². The first-order valence-electron chi connectivity index (χ1n) is 6.78. The monoisotopic (exact) mass is 280 g/mol. The van der Waals surface area contributed by atoms with Crippen LogP contribution in [-0.4, -0.2) is 44.9 Å². The van der Waals surface area contributed by atoms with Gasteiger partial charge in [0.1, 0.15) is 0 Å². The largest absolute Gasteiger partial charge is 0.479 e. The highest BCUT2D eigenvalue weighted by Gasteiger charge is 2.29. The molecule has 1 aromatic rings. The van der Waals surface area contributed by atoms with E-state index in [1.54, 1.807) is 18.1 Å². The summed E-state index contributed by atoms with van der Waals surface area (Å²) in [7, 11) is 1.70. The number of nitrogens with zero attached hydrogens (tertiary/aromatic N) is 3. The second kappa shape index (κ2) is 5.94. The lowest BCUT2D eigenvalue weighted by Gasteiger charge is -2.23. The number of aliphatic carboxylic acids is 1. The number of hydrogen-bond acceptors (Lipinski definition) is 3. The van der Waals surface area contributed by atoms with E-state index in [2.05, 4.69) is 10.4 Å². The molecule has 0 saturated heterocycles. The molecular formula is C13H20N4O3. The number of nitrogens with one attached hydrogen (secondary N) is 1. The van der Waals surface area contributed by atoms with E-state index in [0.29, 0.717) is 24.6 Å². The van der Waals surface area contributed by atoms with Gasteiger partial charge in [0.05, 0.1) is 6.20 Å². The minimum Gasteiger partial charge on any atom is -0.479 e. The van der Waals surface area contributed by atoms with Crippen LogP contribution < -0.4 is 5.32 Å². The molecule has 0 aromatic carbocycles. The van der Waals surface area contributed by atoms with Gasteiger partial charge in [-0.1, -0.05) is 0 Å². The molecule has 1 heterocycles. The Balaban J connectivity index is 2.03. The quantitative estimate of drug-likeness (QED) is 0.813. The molecule has 1 saturated carbocycles. The average molecular weight is 280 g/mol. The Labute approximate surface area is 117 Å². The summed E-state index contributed by atoms with van der Waals surface area (Å²) in [5.74, 6) is -0.517. The minimum absolute atomic E-state index is 0.337. The normalized spacial score (nSPS) is 15.7. The smallest absolute Gasteiger partial charge is 0.331 e. The molecule has 2 rings (SSSR count). The Morgan fingerprint density at radius 2 is 2.30 bits per heavy atom. The molecule has 0 bridgehead atoms. The predicted octanol–water partition coefficient (Wildman–Crippen LogP) is 0.987. The second-order valence-corrected chi connectivity index (χ2v) is 5.15. The fourth-order valence-corrected chi connectivity index (χ4v) is 2.06. The second-order valence-electron chi connectivity index (χ2n) is 5.15. The van der Waals surface area contributed by atoms with E-state index in [-0.39, 0.29) is 6.03 Å². The van der Waals surface area contributed by atoms with Crippen molar-refractivity contribution in [1.29, 1.82) is 0 Å². The van der Waals surface area contributed by atoms with Crippen LogP contribution in [0.5, 0.6) is 0 Å². The van der Waals surface area contributed by atoms with E-state index in [4.69, 9.17) is 0 Å². The summed E-state index contributed by atoms with van der Waals surface area (Å²) in [6, 6.07) is -1.40. The molecule has 7 nitrogen and oxygen atoms in total. The van der Waals surface area contributed by atoms with Crippen LogP contribution in [0.3, 0.4) is 0 Å². The molecule has 0 spiro atoms. The molecule has 1 atom stereocenters. The summed E-state index contributed by atoms with van der Waals surface area (Å²) >= 11 is 0. The number of hydrogen-bond donors (Lipinski definition) is 2. The number of aromatic nitrogens is 2. The van der Waals surface area contributed by atoms with Crippen molar-refractivity contribution in [2.75, 3.05) is 13.1 Å². The van der Waals surface area contributed by atoms with Crippen molar-refractivity contribution in [2.45, 2.75) is 25.8 Å². The fraction of sp³-hybridized carbons (Fsp3) is 0.615. The van der Waals surface area contributed by atoms with Crippen LogP contribution in [0.1, 0.15) is 31.4 Å². The lowest BCUT2D eigenvalue weighted by molar-refractivity contribution is -0.139. The van der Waals surface area contributed by atoms with Crippen molar-refractivity contribution in [1.82, 2.24) is 20.0 Å². The molecule has 0 radical (unpaired) electrons. The number of carboxylic acids is 1. The topological polar surface area (TPSA) is 87.5 Å². The van der Waals surface area contributed by atoms with E-state index in [1.165, 1.54) is 10.9 Å². The molecule has 1 unspecified atom stereocenters. The van der Waals surface area contributed by atoms with E-state index in [9.17, 15) is 14.7 Å². The SMILES string of the molecule is CCN(CC1CC1)C(=O)NC(C(=O)O)c1cnn(C)c1. The highest BCUT2D eigenvalue weighted by atomic mass is 16.4. The summed E-state index contributed by atoms with van der Waals surface area (Å²) in [4.78, 5) is 25.1. The van der Waals surface area contributed by atoms with E-state index < -0.39 is 12.0 Å². The molecule has 1 aliphatic carbocycles. The van der Waals surface area contributed by atoms with Gasteiger partial charge in [-0.3, -0.25) is 4.68 Å². The zero-order valence-corrected chi connectivity index (χ0v) is 11.7. The molecular weight excluding hydrogens is 260 g/mol. The molecule has 1 aromatic heterocycles. The lowest BCUT2D eigenvalue weighted by atomic mass is 10.1. The number of carboxylic acid groups (broad SMARTS) is 1. The summed E-state index contributed by atoms with van der Waals surface area (Å²) in [5, 5.41) is 15.8. The zero-order chi connectivity index (χ0) is 14.7. The van der Waals surface area contributed by atoms with Crippen molar-refractivity contribution in [3.05, 3.63) is 18.0 Å². The minimum atomic E-state index is -1.09. The number of amides is 2. The Morgan fingerprint density at radius 3 is 2.75 bits per heavy atom. The third-order valence-electron chi connectivity index (χ3n) is 3.42. The summed E-state index contributed by atoms with van der Waals surface area (Å²) < 4.78 is 1.51. The summed E-state index contributed by atoms with van der Waals surface area (Å²) in [6.45, 7) is 3.16. The van der Waals surface area contributed by atoms with E-state index >= 15 is 0 Å². The standard InChI is InChI=1S/C13H20N4O3/c1-3-17(7-9-4-5-9)13(20)15-11(12(18)19)10-6-14-16(2)8-10/h6,8-9,11H,3-5,7H2,1-2H3,(H,15,20)(H,18,19). The third-order valence-corrected chi connectivity index (χ3v) is 3.42. The first kappa shape index (κ1) is 14.4. The maximum absolute atomic E-state index is 12.2. The van der Waals surface area contributed by atoms with Crippen LogP contribution in [0.15, 0.2) is 12.4 Å². The number of rotatable bonds is 6. The van der Waals surface area contributed by atoms with Crippen LogP contribution in [0, 0.1) is 5.92 Å². The maximum atomic E-state index is 12.2. The van der Waals surface area contributed by atoms with Crippen LogP contribution in [0.4, 0.5) is 4.79 Å². The lowest BCUT2D eigenvalue weighted by Crippen LogP contribution is -2.44. The van der Waals surface area contributed by atoms with Gasteiger partial charge in [0.15, 0.2) is 6.04 Å². The third kappa shape index (κ3) is 3.49. The van der Waals surface area contributed by atoms with Gasteiger partial charge in [0, 0.05) is 31.9 Å². The highest BCUT2D eigenvalue weighted by Crippen LogP contribution is 2.29. The van der Waals surface area contributed by atoms with Gasteiger partial charge in [-0.2, -0.15) is 5.10 Å². The molecule has 1 aliphatic rings. The van der Waals surface area contributed by atoms with Crippen LogP contribution in [0.2, 0.25) is 0 Å². The molecule has 1 fully saturated rings. The maximum Gasteiger partial charge on any atom is 0.331 e. The van der Waals surface area contributed by atoms with Gasteiger partial charge in [0.2, 0.25) is 0 Å². The van der Waals surface area contributed by atoms with E-state index in [1.807, 2.05) is 6.92 Å². The first-order valence-corrected chi connectivity index (χ1v) is 6.78. The van der Waals surface area contributed by atoms with Crippen molar-refractivity contribution >= 4 is 12.0 Å². The van der Waals surface area contributed by atoms with Gasteiger partial charge < -0.3 is 15.3 Å². The average Bonchev–Trinajstić information content (AvgIpc) is 3.13.